The van der Waals surface area contributed by atoms with Gasteiger partial charge in [0, 0.05) is 25.7 Å². The van der Waals surface area contributed by atoms with Gasteiger partial charge in [0.1, 0.15) is 12.2 Å². The van der Waals surface area contributed by atoms with Gasteiger partial charge in [-0.25, -0.2) is 4.79 Å². The second kappa shape index (κ2) is 3.93. The first-order valence-electron chi connectivity index (χ1n) is 7.39. The van der Waals surface area contributed by atoms with E-state index < -0.39 is 17.4 Å². The lowest BCUT2D eigenvalue weighted by atomic mass is 9.82. The fraction of sp³-hybridized carbons (Fsp3) is 0.929. The highest BCUT2D eigenvalue weighted by Crippen LogP contribution is 2.49. The van der Waals surface area contributed by atoms with Gasteiger partial charge in [-0.15, -0.1) is 0 Å². The molecule has 5 heteroatoms. The van der Waals surface area contributed by atoms with E-state index in [9.17, 15) is 9.90 Å². The maximum atomic E-state index is 11.6. The molecular weight excluding hydrogens is 248 g/mol. The molecule has 4 rings (SSSR count). The van der Waals surface area contributed by atoms with Crippen LogP contribution in [0, 0.1) is 0 Å². The molecule has 0 aromatic carbocycles. The number of fused-ring (bicyclic) bond motifs is 4. The molecule has 19 heavy (non-hydrogen) atoms. The number of esters is 1. The second-order valence-corrected chi connectivity index (χ2v) is 6.45. The minimum Gasteiger partial charge on any atom is -0.457 e. The summed E-state index contributed by atoms with van der Waals surface area (Å²) in [7, 11) is 0. The Labute approximate surface area is 112 Å². The topological polar surface area (TPSA) is 65.0 Å². The van der Waals surface area contributed by atoms with Gasteiger partial charge in [0.05, 0.1) is 6.10 Å². The van der Waals surface area contributed by atoms with Crippen molar-refractivity contribution in [2.45, 2.75) is 81.1 Å². The molecule has 5 nitrogen and oxygen atoms in total. The normalized spacial score (nSPS) is 47.8. The zero-order chi connectivity index (χ0) is 13.1. The average Bonchev–Trinajstić information content (AvgIpc) is 2.71. The summed E-state index contributed by atoms with van der Waals surface area (Å²) < 4.78 is 17.6. The summed E-state index contributed by atoms with van der Waals surface area (Å²) in [4.78, 5) is 11.6. The lowest BCUT2D eigenvalue weighted by Crippen LogP contribution is -2.47. The Morgan fingerprint density at radius 3 is 2.42 bits per heavy atom. The second-order valence-electron chi connectivity index (χ2n) is 6.45. The molecule has 2 heterocycles. The predicted molar refractivity (Wildman–Crippen MR) is 64.2 cm³/mol. The molecule has 4 atom stereocenters. The van der Waals surface area contributed by atoms with Gasteiger partial charge in [-0.2, -0.15) is 0 Å². The third-order valence-corrected chi connectivity index (χ3v) is 5.03. The molecule has 0 amide bonds. The van der Waals surface area contributed by atoms with Crippen LogP contribution in [0.3, 0.4) is 0 Å². The molecule has 2 saturated carbocycles. The van der Waals surface area contributed by atoms with Crippen molar-refractivity contribution in [1.29, 1.82) is 0 Å². The molecule has 1 spiro atoms. The fourth-order valence-electron chi connectivity index (χ4n) is 4.06. The largest absolute Gasteiger partial charge is 0.457 e. The minimum absolute atomic E-state index is 0.190. The smallest absolute Gasteiger partial charge is 0.338 e. The van der Waals surface area contributed by atoms with E-state index in [1.165, 1.54) is 12.8 Å². The molecule has 2 aliphatic heterocycles. The zero-order valence-corrected chi connectivity index (χ0v) is 11.0. The first-order valence-corrected chi connectivity index (χ1v) is 7.39. The highest BCUT2D eigenvalue weighted by atomic mass is 16.8. The van der Waals surface area contributed by atoms with Crippen molar-refractivity contribution in [1.82, 2.24) is 0 Å². The average molecular weight is 268 g/mol. The van der Waals surface area contributed by atoms with E-state index in [2.05, 4.69) is 0 Å². The molecule has 2 bridgehead atoms. The highest BCUT2D eigenvalue weighted by Gasteiger charge is 2.63. The molecular formula is C14H20O5. The molecule has 2 aliphatic carbocycles. The Morgan fingerprint density at radius 1 is 1.00 bits per heavy atom. The summed E-state index contributed by atoms with van der Waals surface area (Å²) in [5.74, 6) is -0.993. The third kappa shape index (κ3) is 1.75. The van der Waals surface area contributed by atoms with Gasteiger partial charge in [-0.3, -0.25) is 0 Å². The number of ether oxygens (including phenoxy) is 3. The zero-order valence-electron chi connectivity index (χ0n) is 11.0. The van der Waals surface area contributed by atoms with E-state index >= 15 is 0 Å². The number of hydrogen-bond donors (Lipinski definition) is 1. The van der Waals surface area contributed by atoms with Crippen LogP contribution < -0.4 is 0 Å². The molecule has 0 unspecified atom stereocenters. The predicted octanol–water partition coefficient (Wildman–Crippen LogP) is 1.27. The van der Waals surface area contributed by atoms with Gasteiger partial charge in [0.2, 0.25) is 0 Å². The number of rotatable bonds is 0. The molecule has 0 aromatic rings. The van der Waals surface area contributed by atoms with Crippen LogP contribution in [0.5, 0.6) is 0 Å². The standard InChI is InChI=1S/C14H20O5/c15-12-13(16)7-9(17-12)11-10(8-13)18-14(19-11)5-3-1-2-4-6-14/h9-11,16H,1-8H2/t9-,10+,11+,13+/m0/s1. The summed E-state index contributed by atoms with van der Waals surface area (Å²) in [6.45, 7) is 0. The molecule has 1 N–H and O–H groups in total. The maximum Gasteiger partial charge on any atom is 0.338 e. The SMILES string of the molecule is O=C1O[C@H]2C[C@@]1(O)C[C@H]1OC3(CCCCCC3)O[C@H]21. The Morgan fingerprint density at radius 2 is 1.68 bits per heavy atom. The van der Waals surface area contributed by atoms with E-state index in [0.717, 1.165) is 25.7 Å². The van der Waals surface area contributed by atoms with E-state index in [1.807, 2.05) is 0 Å². The van der Waals surface area contributed by atoms with Crippen LogP contribution in [-0.4, -0.2) is 40.8 Å². The van der Waals surface area contributed by atoms with Gasteiger partial charge < -0.3 is 19.3 Å². The van der Waals surface area contributed by atoms with Crippen LogP contribution in [0.15, 0.2) is 0 Å². The van der Waals surface area contributed by atoms with E-state index in [1.54, 1.807) is 0 Å². The number of hydrogen-bond acceptors (Lipinski definition) is 5. The molecule has 0 radical (unpaired) electrons. The summed E-state index contributed by atoms with van der Waals surface area (Å²) in [6, 6.07) is 0. The van der Waals surface area contributed by atoms with Crippen LogP contribution >= 0.6 is 0 Å². The van der Waals surface area contributed by atoms with E-state index in [4.69, 9.17) is 14.2 Å². The first-order chi connectivity index (χ1) is 9.10. The van der Waals surface area contributed by atoms with Gasteiger partial charge in [0.15, 0.2) is 11.4 Å². The summed E-state index contributed by atoms with van der Waals surface area (Å²) in [5, 5.41) is 10.3. The van der Waals surface area contributed by atoms with E-state index in [-0.39, 0.29) is 18.3 Å². The van der Waals surface area contributed by atoms with Crippen LogP contribution in [0.1, 0.15) is 51.4 Å². The highest BCUT2D eigenvalue weighted by molar-refractivity contribution is 5.82. The molecule has 106 valence electrons. The quantitative estimate of drug-likeness (QED) is 0.670. The number of carbonyl (C=O) groups excluding carboxylic acids is 1. The summed E-state index contributed by atoms with van der Waals surface area (Å²) in [5.41, 5.74) is -1.34. The maximum absolute atomic E-state index is 11.6. The first kappa shape index (κ1) is 12.1. The van der Waals surface area contributed by atoms with Crippen molar-refractivity contribution in [3.63, 3.8) is 0 Å². The van der Waals surface area contributed by atoms with Crippen molar-refractivity contribution in [3.8, 4) is 0 Å². The van der Waals surface area contributed by atoms with Crippen molar-refractivity contribution in [3.05, 3.63) is 0 Å². The monoisotopic (exact) mass is 268 g/mol. The van der Waals surface area contributed by atoms with Crippen LogP contribution in [0.2, 0.25) is 0 Å². The summed E-state index contributed by atoms with van der Waals surface area (Å²) in [6.07, 6.45) is 6.47. The Hall–Kier alpha value is -0.650. The van der Waals surface area contributed by atoms with Gasteiger partial charge in [-0.1, -0.05) is 12.8 Å². The molecule has 4 fully saturated rings. The van der Waals surface area contributed by atoms with Crippen molar-refractivity contribution in [2.75, 3.05) is 0 Å². The summed E-state index contributed by atoms with van der Waals surface area (Å²) >= 11 is 0. The Bertz CT molecular complexity index is 401. The third-order valence-electron chi connectivity index (χ3n) is 5.03. The molecule has 4 aliphatic rings. The number of aliphatic hydroxyl groups is 1. The lowest BCUT2D eigenvalue weighted by molar-refractivity contribution is -0.195. The van der Waals surface area contributed by atoms with Crippen LogP contribution in [-0.2, 0) is 19.0 Å². The minimum atomic E-state index is -1.34. The fourth-order valence-corrected chi connectivity index (χ4v) is 4.06. The lowest BCUT2D eigenvalue weighted by Gasteiger charge is -2.29. The Kier molecular flexibility index (Phi) is 2.51. The van der Waals surface area contributed by atoms with Crippen molar-refractivity contribution in [2.24, 2.45) is 0 Å². The van der Waals surface area contributed by atoms with Crippen molar-refractivity contribution < 1.29 is 24.1 Å². The Balaban J connectivity index is 1.58. The van der Waals surface area contributed by atoms with Crippen LogP contribution in [0.4, 0.5) is 0 Å². The van der Waals surface area contributed by atoms with Gasteiger partial charge in [-0.05, 0) is 12.8 Å². The molecule has 2 saturated heterocycles. The van der Waals surface area contributed by atoms with E-state index in [0.29, 0.717) is 12.8 Å². The molecule has 0 aromatic heterocycles. The van der Waals surface area contributed by atoms with Gasteiger partial charge >= 0.3 is 5.97 Å². The number of carbonyl (C=O) groups is 1. The van der Waals surface area contributed by atoms with Gasteiger partial charge in [0.25, 0.3) is 0 Å². The van der Waals surface area contributed by atoms with Crippen molar-refractivity contribution >= 4 is 5.97 Å². The van der Waals surface area contributed by atoms with Crippen LogP contribution in [0.25, 0.3) is 0 Å².